The molecule has 17 heavy (non-hydrogen) atoms. The Bertz CT molecular complexity index is 398. The highest BCUT2D eigenvalue weighted by Crippen LogP contribution is 2.23. The molecule has 0 aliphatic heterocycles. The maximum absolute atomic E-state index is 11.6. The third-order valence-corrected chi connectivity index (χ3v) is 2.26. The van der Waals surface area contributed by atoms with E-state index in [4.69, 9.17) is 10.5 Å². The average Bonchev–Trinajstić information content (AvgIpc) is 2.55. The van der Waals surface area contributed by atoms with E-state index in [1.165, 1.54) is 7.11 Å². The zero-order valence-corrected chi connectivity index (χ0v) is 10.8. The van der Waals surface area contributed by atoms with Crippen LogP contribution in [0.2, 0.25) is 0 Å². The van der Waals surface area contributed by atoms with Crippen molar-refractivity contribution in [3.8, 4) is 0 Å². The average molecular weight is 240 g/mol. The van der Waals surface area contributed by atoms with Gasteiger partial charge in [-0.1, -0.05) is 13.8 Å². The van der Waals surface area contributed by atoms with Gasteiger partial charge in [0.2, 0.25) is 0 Å². The fourth-order valence-corrected chi connectivity index (χ4v) is 1.55. The molecule has 3 N–H and O–H groups in total. The minimum atomic E-state index is -0.464. The Balaban J connectivity index is 3.15. The first-order chi connectivity index (χ1) is 8.01. The van der Waals surface area contributed by atoms with E-state index >= 15 is 0 Å². The molecule has 0 radical (unpaired) electrons. The van der Waals surface area contributed by atoms with Gasteiger partial charge in [0.1, 0.15) is 11.4 Å². The number of esters is 1. The molecule has 0 saturated heterocycles. The van der Waals surface area contributed by atoms with Crippen LogP contribution in [-0.4, -0.2) is 29.4 Å². The molecular weight excluding hydrogens is 220 g/mol. The lowest BCUT2D eigenvalue weighted by Gasteiger charge is -2.06. The summed E-state index contributed by atoms with van der Waals surface area (Å²) in [7, 11) is 1.33. The molecule has 6 nitrogen and oxygen atoms in total. The molecule has 6 heteroatoms. The van der Waals surface area contributed by atoms with Crippen LogP contribution in [0, 0.1) is 5.92 Å². The summed E-state index contributed by atoms with van der Waals surface area (Å²) in [5, 5.41) is 7.30. The third-order valence-electron chi connectivity index (χ3n) is 2.26. The van der Waals surface area contributed by atoms with Crippen molar-refractivity contribution in [3.05, 3.63) is 5.56 Å². The molecule has 0 amide bonds. The van der Waals surface area contributed by atoms with Gasteiger partial charge in [0, 0.05) is 13.1 Å². The summed E-state index contributed by atoms with van der Waals surface area (Å²) in [5.74, 6) is 0.768. The lowest BCUT2D eigenvalue weighted by molar-refractivity contribution is 0.0603. The Hall–Kier alpha value is -1.72. The summed E-state index contributed by atoms with van der Waals surface area (Å²) >= 11 is 0. The van der Waals surface area contributed by atoms with Gasteiger partial charge in [0.15, 0.2) is 5.82 Å². The highest BCUT2D eigenvalue weighted by atomic mass is 16.5. The van der Waals surface area contributed by atoms with E-state index in [1.54, 1.807) is 4.68 Å². The van der Waals surface area contributed by atoms with Gasteiger partial charge in [-0.25, -0.2) is 9.48 Å². The van der Waals surface area contributed by atoms with Crippen molar-refractivity contribution < 1.29 is 9.53 Å². The highest BCUT2D eigenvalue weighted by molar-refractivity contribution is 5.99. The van der Waals surface area contributed by atoms with E-state index in [0.717, 1.165) is 0 Å². The summed E-state index contributed by atoms with van der Waals surface area (Å²) < 4.78 is 6.34. The normalized spacial score (nSPS) is 10.6. The maximum Gasteiger partial charge on any atom is 0.345 e. The van der Waals surface area contributed by atoms with E-state index < -0.39 is 5.97 Å². The number of rotatable bonds is 5. The number of carbonyl (C=O) groups is 1. The number of hydrogen-bond acceptors (Lipinski definition) is 5. The van der Waals surface area contributed by atoms with E-state index in [9.17, 15) is 4.79 Å². The fraction of sp³-hybridized carbons (Fsp3) is 0.636. The summed E-state index contributed by atoms with van der Waals surface area (Å²) in [6.07, 6.45) is 0. The van der Waals surface area contributed by atoms with Crippen molar-refractivity contribution in [1.29, 1.82) is 0 Å². The summed E-state index contributed by atoms with van der Waals surface area (Å²) in [6, 6.07) is 0. The number of methoxy groups -OCH3 is 1. The monoisotopic (exact) mass is 240 g/mol. The fourth-order valence-electron chi connectivity index (χ4n) is 1.55. The van der Waals surface area contributed by atoms with Gasteiger partial charge < -0.3 is 15.8 Å². The van der Waals surface area contributed by atoms with Crippen molar-refractivity contribution in [2.75, 3.05) is 24.7 Å². The number of aromatic nitrogens is 2. The van der Waals surface area contributed by atoms with Crippen LogP contribution < -0.4 is 11.1 Å². The van der Waals surface area contributed by atoms with Gasteiger partial charge in [-0.2, -0.15) is 5.10 Å². The van der Waals surface area contributed by atoms with E-state index in [1.807, 2.05) is 6.92 Å². The van der Waals surface area contributed by atoms with Crippen LogP contribution >= 0.6 is 0 Å². The predicted octanol–water partition coefficient (Wildman–Crippen LogP) is 1.34. The van der Waals surface area contributed by atoms with Crippen molar-refractivity contribution in [2.24, 2.45) is 5.92 Å². The lowest BCUT2D eigenvalue weighted by atomic mass is 10.2. The molecule has 96 valence electrons. The number of ether oxygens (including phenoxy) is 1. The number of nitrogens with two attached hydrogens (primary N) is 1. The number of nitrogen functional groups attached to an aromatic ring is 1. The lowest BCUT2D eigenvalue weighted by Crippen LogP contribution is -2.11. The molecule has 0 aliphatic carbocycles. The minimum Gasteiger partial charge on any atom is -0.465 e. The van der Waals surface area contributed by atoms with Crippen LogP contribution in [0.25, 0.3) is 0 Å². The summed E-state index contributed by atoms with van der Waals surface area (Å²) in [5.41, 5.74) is 6.23. The highest BCUT2D eigenvalue weighted by Gasteiger charge is 2.22. The number of nitrogens with one attached hydrogen (secondary N) is 1. The number of hydrogen-bond donors (Lipinski definition) is 2. The van der Waals surface area contributed by atoms with Crippen molar-refractivity contribution in [2.45, 2.75) is 27.3 Å². The molecule has 0 saturated carbocycles. The van der Waals surface area contributed by atoms with Crippen molar-refractivity contribution in [1.82, 2.24) is 9.78 Å². The molecule has 0 atom stereocenters. The first-order valence-corrected chi connectivity index (χ1v) is 5.69. The number of anilines is 2. The van der Waals surface area contributed by atoms with E-state index in [0.29, 0.717) is 36.2 Å². The van der Waals surface area contributed by atoms with Crippen LogP contribution in [0.5, 0.6) is 0 Å². The molecule has 1 aromatic rings. The minimum absolute atomic E-state index is 0.315. The van der Waals surface area contributed by atoms with Crippen molar-refractivity contribution >= 4 is 17.6 Å². The molecule has 0 bridgehead atoms. The van der Waals surface area contributed by atoms with Gasteiger partial charge in [-0.3, -0.25) is 0 Å². The maximum atomic E-state index is 11.6. The molecule has 0 unspecified atom stereocenters. The van der Waals surface area contributed by atoms with Crippen LogP contribution in [0.4, 0.5) is 11.6 Å². The second kappa shape index (κ2) is 5.56. The predicted molar refractivity (Wildman–Crippen MR) is 67.0 cm³/mol. The van der Waals surface area contributed by atoms with Gasteiger partial charge in [0.25, 0.3) is 0 Å². The van der Waals surface area contributed by atoms with Gasteiger partial charge >= 0.3 is 5.97 Å². The van der Waals surface area contributed by atoms with Crippen molar-refractivity contribution in [3.63, 3.8) is 0 Å². The van der Waals surface area contributed by atoms with Gasteiger partial charge in [-0.15, -0.1) is 0 Å². The second-order valence-corrected chi connectivity index (χ2v) is 4.21. The molecule has 1 aromatic heterocycles. The molecule has 0 spiro atoms. The Kier molecular flexibility index (Phi) is 4.37. The van der Waals surface area contributed by atoms with Crippen LogP contribution in [0.15, 0.2) is 0 Å². The Labute approximate surface area is 101 Å². The second-order valence-electron chi connectivity index (χ2n) is 4.21. The number of nitrogens with zero attached hydrogens (tertiary/aromatic N) is 2. The molecule has 1 rings (SSSR count). The zero-order chi connectivity index (χ0) is 13.0. The SMILES string of the molecule is CCNc1nn(CC(C)C)c(N)c1C(=O)OC. The Morgan fingerprint density at radius 3 is 2.71 bits per heavy atom. The quantitative estimate of drug-likeness (QED) is 0.759. The molecule has 0 aromatic carbocycles. The first-order valence-electron chi connectivity index (χ1n) is 5.69. The van der Waals surface area contributed by atoms with Crippen LogP contribution in [0.3, 0.4) is 0 Å². The van der Waals surface area contributed by atoms with Crippen LogP contribution in [0.1, 0.15) is 31.1 Å². The topological polar surface area (TPSA) is 82.2 Å². The molecule has 0 aliphatic rings. The summed E-state index contributed by atoms with van der Waals surface area (Å²) in [6.45, 7) is 7.39. The number of carbonyl (C=O) groups excluding carboxylic acids is 1. The van der Waals surface area contributed by atoms with Gasteiger partial charge in [0.05, 0.1) is 7.11 Å². The van der Waals surface area contributed by atoms with E-state index in [-0.39, 0.29) is 0 Å². The first kappa shape index (κ1) is 13.3. The van der Waals surface area contributed by atoms with E-state index in [2.05, 4.69) is 24.3 Å². The molecule has 1 heterocycles. The van der Waals surface area contributed by atoms with Gasteiger partial charge in [-0.05, 0) is 12.8 Å². The zero-order valence-electron chi connectivity index (χ0n) is 10.8. The smallest absolute Gasteiger partial charge is 0.345 e. The Morgan fingerprint density at radius 2 is 2.24 bits per heavy atom. The van der Waals surface area contributed by atoms with Crippen LogP contribution in [-0.2, 0) is 11.3 Å². The molecule has 0 fully saturated rings. The standard InChI is InChI=1S/C11H20N4O2/c1-5-13-10-8(11(16)17-4)9(12)15(14-10)6-7(2)3/h7H,5-6,12H2,1-4H3,(H,13,14). The Morgan fingerprint density at radius 1 is 1.59 bits per heavy atom. The molecular formula is C11H20N4O2. The third kappa shape index (κ3) is 2.89. The summed E-state index contributed by atoms with van der Waals surface area (Å²) in [4.78, 5) is 11.6. The largest absolute Gasteiger partial charge is 0.465 e.